The van der Waals surface area contributed by atoms with Gasteiger partial charge in [-0.1, -0.05) is 42.5 Å². The molecule has 4 nitrogen and oxygen atoms in total. The summed E-state index contributed by atoms with van der Waals surface area (Å²) in [6.45, 7) is 9.04. The lowest BCUT2D eigenvalue weighted by Crippen LogP contribution is -2.25. The zero-order valence-corrected chi connectivity index (χ0v) is 19.1. The number of benzene rings is 3. The van der Waals surface area contributed by atoms with Crippen LogP contribution in [0.15, 0.2) is 78.9 Å². The number of aryl methyl sites for hydroxylation is 2. The second kappa shape index (κ2) is 10.2. The number of rotatable bonds is 9. The number of hydrogen-bond acceptors (Lipinski definition) is 4. The van der Waals surface area contributed by atoms with Gasteiger partial charge in [-0.3, -0.25) is 4.98 Å². The van der Waals surface area contributed by atoms with Gasteiger partial charge in [-0.2, -0.15) is 0 Å². The highest BCUT2D eigenvalue weighted by Gasteiger charge is 2.07. The predicted molar refractivity (Wildman–Crippen MR) is 135 cm³/mol. The Bertz CT molecular complexity index is 1190. The van der Waals surface area contributed by atoms with Crippen molar-refractivity contribution in [3.8, 4) is 5.75 Å². The van der Waals surface area contributed by atoms with Crippen molar-refractivity contribution in [3.63, 3.8) is 0 Å². The van der Waals surface area contributed by atoms with Gasteiger partial charge in [0.05, 0.1) is 12.1 Å². The number of para-hydroxylation sites is 2. The van der Waals surface area contributed by atoms with Gasteiger partial charge in [0.15, 0.2) is 0 Å². The molecule has 0 spiro atoms. The summed E-state index contributed by atoms with van der Waals surface area (Å²) >= 11 is 0. The van der Waals surface area contributed by atoms with Gasteiger partial charge in [-0.25, -0.2) is 0 Å². The lowest BCUT2D eigenvalue weighted by molar-refractivity contribution is 0.312. The van der Waals surface area contributed by atoms with Crippen LogP contribution in [0.1, 0.15) is 24.6 Å². The second-order valence-electron chi connectivity index (χ2n) is 8.05. The summed E-state index contributed by atoms with van der Waals surface area (Å²) < 4.78 is 6.08. The molecule has 3 aromatic carbocycles. The van der Waals surface area contributed by atoms with Gasteiger partial charge in [0.2, 0.25) is 0 Å². The van der Waals surface area contributed by atoms with Crippen molar-refractivity contribution >= 4 is 28.0 Å². The highest BCUT2D eigenvalue weighted by molar-refractivity contribution is 5.93. The first kappa shape index (κ1) is 21.7. The molecule has 0 saturated heterocycles. The number of hydrogen-bond donors (Lipinski definition) is 1. The van der Waals surface area contributed by atoms with Gasteiger partial charge in [-0.05, 0) is 63.1 Å². The number of aromatic nitrogens is 1. The molecule has 0 amide bonds. The molecule has 1 heterocycles. The van der Waals surface area contributed by atoms with Crippen molar-refractivity contribution < 1.29 is 4.74 Å². The molecule has 0 atom stereocenters. The quantitative estimate of drug-likeness (QED) is 0.296. The molecule has 32 heavy (non-hydrogen) atoms. The van der Waals surface area contributed by atoms with E-state index in [1.54, 1.807) is 0 Å². The number of nitrogens with one attached hydrogen (secondary N) is 1. The number of anilines is 3. The van der Waals surface area contributed by atoms with E-state index < -0.39 is 0 Å². The van der Waals surface area contributed by atoms with Gasteiger partial charge in [0.1, 0.15) is 5.75 Å². The van der Waals surface area contributed by atoms with Crippen LogP contribution >= 0.6 is 0 Å². The third kappa shape index (κ3) is 5.20. The summed E-state index contributed by atoms with van der Waals surface area (Å²) in [5.41, 5.74) is 6.67. The van der Waals surface area contributed by atoms with Crippen LogP contribution < -0.4 is 15.0 Å². The summed E-state index contributed by atoms with van der Waals surface area (Å²) in [5.74, 6) is 0.879. The maximum Gasteiger partial charge on any atom is 0.121 e. The van der Waals surface area contributed by atoms with E-state index in [2.05, 4.69) is 77.6 Å². The monoisotopic (exact) mass is 425 g/mol. The Labute approximate surface area is 190 Å². The van der Waals surface area contributed by atoms with Crippen LogP contribution in [0, 0.1) is 13.8 Å². The molecular formula is C28H31N3O. The van der Waals surface area contributed by atoms with Crippen LogP contribution in [0.5, 0.6) is 5.75 Å². The largest absolute Gasteiger partial charge is 0.493 e. The van der Waals surface area contributed by atoms with E-state index in [9.17, 15) is 0 Å². The van der Waals surface area contributed by atoms with Crippen molar-refractivity contribution in [2.24, 2.45) is 0 Å². The van der Waals surface area contributed by atoms with Gasteiger partial charge in [0, 0.05) is 47.3 Å². The average molecular weight is 426 g/mol. The van der Waals surface area contributed by atoms with Gasteiger partial charge in [-0.15, -0.1) is 0 Å². The molecule has 4 heteroatoms. The minimum Gasteiger partial charge on any atom is -0.493 e. The Morgan fingerprint density at radius 3 is 2.56 bits per heavy atom. The van der Waals surface area contributed by atoms with Gasteiger partial charge >= 0.3 is 0 Å². The Balaban J connectivity index is 1.37. The van der Waals surface area contributed by atoms with Crippen LogP contribution in [0.4, 0.5) is 17.1 Å². The molecular weight excluding hydrogens is 394 g/mol. The standard InChI is InChI=1S/C28H31N3O/c1-4-31(28-16-8-5-11-21(28)2)17-10-18-32-24-13-9-12-23(20-24)30-27-19-22(3)29-26-15-7-6-14-25(26)27/h5-9,11-16,19-20H,4,10,17-18H2,1-3H3,(H,29,30). The SMILES string of the molecule is CCN(CCCOc1cccc(Nc2cc(C)nc3ccccc23)c1)c1ccccc1C. The van der Waals surface area contributed by atoms with Crippen molar-refractivity contribution in [1.29, 1.82) is 0 Å². The first-order chi connectivity index (χ1) is 15.6. The lowest BCUT2D eigenvalue weighted by Gasteiger charge is -2.25. The summed E-state index contributed by atoms with van der Waals surface area (Å²) in [7, 11) is 0. The van der Waals surface area contributed by atoms with E-state index in [0.717, 1.165) is 53.2 Å². The van der Waals surface area contributed by atoms with E-state index in [1.807, 2.05) is 37.3 Å². The molecule has 4 rings (SSSR count). The number of nitrogens with zero attached hydrogens (tertiary/aromatic N) is 2. The number of ether oxygens (including phenoxy) is 1. The van der Waals surface area contributed by atoms with Crippen LogP contribution in [-0.2, 0) is 0 Å². The van der Waals surface area contributed by atoms with Gasteiger partial charge < -0.3 is 15.0 Å². The smallest absolute Gasteiger partial charge is 0.121 e. The highest BCUT2D eigenvalue weighted by atomic mass is 16.5. The van der Waals surface area contributed by atoms with Crippen molar-refractivity contribution in [3.05, 3.63) is 90.1 Å². The molecule has 0 radical (unpaired) electrons. The molecule has 1 N–H and O–H groups in total. The number of fused-ring (bicyclic) bond motifs is 1. The van der Waals surface area contributed by atoms with Crippen LogP contribution in [0.3, 0.4) is 0 Å². The Hall–Kier alpha value is -3.53. The second-order valence-corrected chi connectivity index (χ2v) is 8.05. The molecule has 0 aliphatic rings. The Morgan fingerprint density at radius 1 is 0.906 bits per heavy atom. The minimum atomic E-state index is 0.684. The maximum atomic E-state index is 6.08. The summed E-state index contributed by atoms with van der Waals surface area (Å²) in [4.78, 5) is 7.04. The van der Waals surface area contributed by atoms with Crippen LogP contribution in [-0.4, -0.2) is 24.7 Å². The highest BCUT2D eigenvalue weighted by Crippen LogP contribution is 2.28. The van der Waals surface area contributed by atoms with Crippen molar-refractivity contribution in [2.45, 2.75) is 27.2 Å². The number of pyridine rings is 1. The molecule has 1 aromatic heterocycles. The Morgan fingerprint density at radius 2 is 1.72 bits per heavy atom. The summed E-state index contributed by atoms with van der Waals surface area (Å²) in [6, 6.07) is 27.0. The zero-order chi connectivity index (χ0) is 22.3. The van der Waals surface area contributed by atoms with E-state index in [-0.39, 0.29) is 0 Å². The van der Waals surface area contributed by atoms with Crippen LogP contribution in [0.2, 0.25) is 0 Å². The first-order valence-electron chi connectivity index (χ1n) is 11.3. The van der Waals surface area contributed by atoms with E-state index in [1.165, 1.54) is 11.3 Å². The maximum absolute atomic E-state index is 6.08. The fourth-order valence-electron chi connectivity index (χ4n) is 4.04. The third-order valence-corrected chi connectivity index (χ3v) is 5.64. The van der Waals surface area contributed by atoms with Gasteiger partial charge in [0.25, 0.3) is 0 Å². The topological polar surface area (TPSA) is 37.4 Å². The molecule has 0 aliphatic heterocycles. The van der Waals surface area contributed by atoms with Crippen LogP contribution in [0.25, 0.3) is 10.9 Å². The molecule has 0 fully saturated rings. The van der Waals surface area contributed by atoms with E-state index >= 15 is 0 Å². The van der Waals surface area contributed by atoms with Crippen molar-refractivity contribution in [2.75, 3.05) is 29.9 Å². The van der Waals surface area contributed by atoms with E-state index in [4.69, 9.17) is 4.74 Å². The molecule has 4 aromatic rings. The summed E-state index contributed by atoms with van der Waals surface area (Å²) in [6.07, 6.45) is 0.966. The summed E-state index contributed by atoms with van der Waals surface area (Å²) in [5, 5.41) is 4.66. The molecule has 164 valence electrons. The lowest BCUT2D eigenvalue weighted by atomic mass is 10.1. The minimum absolute atomic E-state index is 0.684. The molecule has 0 saturated carbocycles. The fourth-order valence-corrected chi connectivity index (χ4v) is 4.04. The normalized spacial score (nSPS) is 10.8. The molecule has 0 aliphatic carbocycles. The molecule has 0 bridgehead atoms. The van der Waals surface area contributed by atoms with Crippen molar-refractivity contribution in [1.82, 2.24) is 4.98 Å². The first-order valence-corrected chi connectivity index (χ1v) is 11.3. The third-order valence-electron chi connectivity index (χ3n) is 5.64. The van der Waals surface area contributed by atoms with E-state index in [0.29, 0.717) is 6.61 Å². The zero-order valence-electron chi connectivity index (χ0n) is 19.1. The fraction of sp³-hybridized carbons (Fsp3) is 0.250. The average Bonchev–Trinajstić information content (AvgIpc) is 2.80. The Kier molecular flexibility index (Phi) is 6.90. The predicted octanol–water partition coefficient (Wildman–Crippen LogP) is 6.89. The molecule has 0 unspecified atom stereocenters.